The summed E-state index contributed by atoms with van der Waals surface area (Å²) in [6.07, 6.45) is -0.335. The number of benzene rings is 1. The van der Waals surface area contributed by atoms with Crippen molar-refractivity contribution >= 4 is 26.0 Å². The maximum atomic E-state index is 10.9. The first-order chi connectivity index (χ1) is 7.88. The van der Waals surface area contributed by atoms with E-state index in [0.29, 0.717) is 11.1 Å². The van der Waals surface area contributed by atoms with Crippen LogP contribution in [-0.4, -0.2) is 27.4 Å². The Morgan fingerprint density at radius 3 is 2.28 bits per heavy atom. The third-order valence-electron chi connectivity index (χ3n) is 2.09. The number of carboxylic acids is 1. The van der Waals surface area contributed by atoms with Crippen molar-refractivity contribution in [3.8, 4) is 0 Å². The molecule has 0 aliphatic heterocycles. The molecule has 0 amide bonds. The quantitative estimate of drug-likeness (QED) is 0.582. The van der Waals surface area contributed by atoms with Crippen molar-refractivity contribution in [2.75, 3.05) is 6.54 Å². The first-order valence-electron chi connectivity index (χ1n) is 4.92. The largest absolute Gasteiger partial charge is 0.480 e. The summed E-state index contributed by atoms with van der Waals surface area (Å²) in [7, 11) is -4.11. The van der Waals surface area contributed by atoms with E-state index < -0.39 is 13.6 Å². The molecule has 0 saturated heterocycles. The van der Waals surface area contributed by atoms with Crippen LogP contribution in [0.1, 0.15) is 11.1 Å². The van der Waals surface area contributed by atoms with Gasteiger partial charge >= 0.3 is 13.6 Å². The highest BCUT2D eigenvalue weighted by Crippen LogP contribution is 2.39. The molecule has 1 aromatic carbocycles. The molecule has 0 aromatic heterocycles. The molecule has 0 aliphatic carbocycles. The summed E-state index contributed by atoms with van der Waals surface area (Å²) in [5.74, 6) is -0.975. The van der Waals surface area contributed by atoms with Crippen LogP contribution in [0.3, 0.4) is 0 Å². The zero-order valence-electron chi connectivity index (χ0n) is 9.44. The van der Waals surface area contributed by atoms with Gasteiger partial charge in [-0.2, -0.15) is 0 Å². The molecule has 0 bridgehead atoms. The summed E-state index contributed by atoms with van der Waals surface area (Å²) in [4.78, 5) is 28.1. The lowest BCUT2D eigenvalue weighted by Gasteiger charge is -2.10. The van der Waals surface area contributed by atoms with Crippen LogP contribution in [0.5, 0.6) is 0 Å². The van der Waals surface area contributed by atoms with E-state index in [2.05, 4.69) is 5.32 Å². The van der Waals surface area contributed by atoms with E-state index in [9.17, 15) is 9.36 Å². The summed E-state index contributed by atoms with van der Waals surface area (Å²) >= 11 is 0. The van der Waals surface area contributed by atoms with Crippen molar-refractivity contribution in [2.24, 2.45) is 0 Å². The van der Waals surface area contributed by atoms with Crippen LogP contribution in [0.4, 0.5) is 0 Å². The van der Waals surface area contributed by atoms with E-state index in [4.69, 9.17) is 14.9 Å². The van der Waals surface area contributed by atoms with Gasteiger partial charge in [0.15, 0.2) is 0 Å². The molecule has 0 saturated carbocycles. The molecule has 0 aliphatic rings. The highest BCUT2D eigenvalue weighted by molar-refractivity contribution is 7.50. The molecule has 8 heteroatoms. The molecule has 102 valence electrons. The van der Waals surface area contributed by atoms with Crippen molar-refractivity contribution in [2.45, 2.75) is 12.7 Å². The second-order valence-corrected chi connectivity index (χ2v) is 5.23. The summed E-state index contributed by atoms with van der Waals surface area (Å²) in [5, 5.41) is 11.1. The molecule has 0 fully saturated rings. The lowest BCUT2D eigenvalue weighted by molar-refractivity contribution is -0.136. The Bertz CT molecular complexity index is 448. The first kappa shape index (κ1) is 17.1. The maximum Gasteiger partial charge on any atom is 0.329 e. The van der Waals surface area contributed by atoms with E-state index in [1.807, 2.05) is 0 Å². The molecule has 0 heterocycles. The minimum absolute atomic E-state index is 0. The Hall–Kier alpha value is -0.910. The monoisotopic (exact) mass is 295 g/mol. The van der Waals surface area contributed by atoms with Crippen LogP contribution in [0, 0.1) is 0 Å². The summed E-state index contributed by atoms with van der Waals surface area (Å²) < 4.78 is 10.9. The Kier molecular flexibility index (Phi) is 7.13. The van der Waals surface area contributed by atoms with E-state index in [-0.39, 0.29) is 31.7 Å². The fourth-order valence-electron chi connectivity index (χ4n) is 1.41. The van der Waals surface area contributed by atoms with Gasteiger partial charge < -0.3 is 20.2 Å². The van der Waals surface area contributed by atoms with Gasteiger partial charge in [0.1, 0.15) is 0 Å². The second kappa shape index (κ2) is 7.51. The topological polar surface area (TPSA) is 107 Å². The SMILES string of the molecule is Cl.O=C(O)CNCc1ccccc1CP(=O)(O)O. The number of halogens is 1. The van der Waals surface area contributed by atoms with Crippen molar-refractivity contribution in [1.82, 2.24) is 5.32 Å². The highest BCUT2D eigenvalue weighted by atomic mass is 35.5. The fraction of sp³-hybridized carbons (Fsp3) is 0.300. The summed E-state index contributed by atoms with van der Waals surface area (Å²) in [5.41, 5.74) is 1.22. The zero-order valence-corrected chi connectivity index (χ0v) is 11.2. The Labute approximate surface area is 111 Å². The average Bonchev–Trinajstić information content (AvgIpc) is 2.17. The van der Waals surface area contributed by atoms with Gasteiger partial charge in [0.2, 0.25) is 0 Å². The van der Waals surface area contributed by atoms with Crippen molar-refractivity contribution in [3.05, 3.63) is 35.4 Å². The second-order valence-electron chi connectivity index (χ2n) is 3.59. The first-order valence-corrected chi connectivity index (χ1v) is 6.72. The number of hydrogen-bond acceptors (Lipinski definition) is 3. The van der Waals surface area contributed by atoms with Gasteiger partial charge in [-0.25, -0.2) is 0 Å². The number of carbonyl (C=O) groups is 1. The Morgan fingerprint density at radius 1 is 1.22 bits per heavy atom. The van der Waals surface area contributed by atoms with Crippen LogP contribution in [0.25, 0.3) is 0 Å². The summed E-state index contributed by atoms with van der Waals surface area (Å²) in [6, 6.07) is 6.75. The molecule has 6 nitrogen and oxygen atoms in total. The van der Waals surface area contributed by atoms with E-state index >= 15 is 0 Å². The molecule has 4 N–H and O–H groups in total. The van der Waals surface area contributed by atoms with Crippen LogP contribution < -0.4 is 5.32 Å². The number of nitrogens with one attached hydrogen (secondary N) is 1. The molecular formula is C10H15ClNO5P. The average molecular weight is 296 g/mol. The van der Waals surface area contributed by atoms with Crippen molar-refractivity contribution in [3.63, 3.8) is 0 Å². The standard InChI is InChI=1S/C10H14NO5P.ClH/c12-10(13)6-11-5-8-3-1-2-4-9(8)7-17(14,15)16;/h1-4,11H,5-7H2,(H,12,13)(H2,14,15,16);1H. The number of carboxylic acid groups (broad SMARTS) is 1. The van der Waals surface area contributed by atoms with Gasteiger partial charge in [-0.15, -0.1) is 12.4 Å². The number of hydrogen-bond donors (Lipinski definition) is 4. The van der Waals surface area contributed by atoms with E-state index in [1.165, 1.54) is 0 Å². The van der Waals surface area contributed by atoms with Crippen molar-refractivity contribution < 1.29 is 24.3 Å². The highest BCUT2D eigenvalue weighted by Gasteiger charge is 2.16. The molecule has 0 unspecified atom stereocenters. The van der Waals surface area contributed by atoms with Crippen LogP contribution >= 0.6 is 20.0 Å². The van der Waals surface area contributed by atoms with Gasteiger partial charge in [-0.1, -0.05) is 24.3 Å². The molecule has 0 atom stereocenters. The fourth-order valence-corrected chi connectivity index (χ4v) is 2.16. The van der Waals surface area contributed by atoms with Crippen molar-refractivity contribution in [1.29, 1.82) is 0 Å². The predicted molar refractivity (Wildman–Crippen MR) is 68.8 cm³/mol. The zero-order chi connectivity index (χ0) is 12.9. The molecular weight excluding hydrogens is 281 g/mol. The molecule has 0 radical (unpaired) electrons. The molecule has 0 spiro atoms. The summed E-state index contributed by atoms with van der Waals surface area (Å²) in [6.45, 7) is 0.0761. The third-order valence-corrected chi connectivity index (χ3v) is 2.84. The van der Waals surface area contributed by atoms with Crippen LogP contribution in [0.2, 0.25) is 0 Å². The number of rotatable bonds is 6. The Balaban J connectivity index is 0.00000289. The minimum Gasteiger partial charge on any atom is -0.480 e. The lowest BCUT2D eigenvalue weighted by atomic mass is 10.1. The van der Waals surface area contributed by atoms with Gasteiger partial charge in [-0.05, 0) is 11.1 Å². The van der Waals surface area contributed by atoms with Crippen LogP contribution in [0.15, 0.2) is 24.3 Å². The minimum atomic E-state index is -4.11. The predicted octanol–water partition coefficient (Wildman–Crippen LogP) is 0.960. The lowest BCUT2D eigenvalue weighted by Crippen LogP contribution is -2.22. The Morgan fingerprint density at radius 2 is 1.78 bits per heavy atom. The molecule has 18 heavy (non-hydrogen) atoms. The smallest absolute Gasteiger partial charge is 0.329 e. The van der Waals surface area contributed by atoms with E-state index in [0.717, 1.165) is 0 Å². The maximum absolute atomic E-state index is 10.9. The van der Waals surface area contributed by atoms with Gasteiger partial charge in [-0.3, -0.25) is 9.36 Å². The van der Waals surface area contributed by atoms with Crippen LogP contribution in [-0.2, 0) is 22.1 Å². The van der Waals surface area contributed by atoms with Gasteiger partial charge in [0.05, 0.1) is 12.7 Å². The van der Waals surface area contributed by atoms with Gasteiger partial charge in [0, 0.05) is 6.54 Å². The molecule has 1 aromatic rings. The van der Waals surface area contributed by atoms with Gasteiger partial charge in [0.25, 0.3) is 0 Å². The molecule has 1 rings (SSSR count). The van der Waals surface area contributed by atoms with E-state index in [1.54, 1.807) is 24.3 Å². The third kappa shape index (κ3) is 6.74. The normalized spacial score (nSPS) is 10.8. The number of aliphatic carboxylic acids is 1.